The molecule has 1 heterocycles. The highest BCUT2D eigenvalue weighted by atomic mass is 79.9. The van der Waals surface area contributed by atoms with E-state index in [9.17, 15) is 13.5 Å². The number of aliphatic hydroxyl groups excluding tert-OH is 1. The molecule has 0 amide bonds. The van der Waals surface area contributed by atoms with E-state index in [1.807, 2.05) is 0 Å². The first-order valence-corrected chi connectivity index (χ1v) is 9.03. The Morgan fingerprint density at radius 2 is 2.17 bits per heavy atom. The fourth-order valence-electron chi connectivity index (χ4n) is 2.38. The third-order valence-corrected chi connectivity index (χ3v) is 7.51. The van der Waals surface area contributed by atoms with Gasteiger partial charge in [-0.15, -0.1) is 11.3 Å². The Bertz CT molecular complexity index is 500. The molecule has 1 fully saturated rings. The van der Waals surface area contributed by atoms with Crippen LogP contribution in [0.25, 0.3) is 0 Å². The largest absolute Gasteiger partial charge is 0.396 e. The van der Waals surface area contributed by atoms with Gasteiger partial charge in [0.2, 0.25) is 0 Å². The van der Waals surface area contributed by atoms with Crippen molar-refractivity contribution in [3.05, 3.63) is 15.9 Å². The van der Waals surface area contributed by atoms with Crippen LogP contribution in [-0.4, -0.2) is 26.7 Å². The van der Waals surface area contributed by atoms with Crippen molar-refractivity contribution in [2.24, 2.45) is 11.8 Å². The van der Waals surface area contributed by atoms with Crippen LogP contribution in [0, 0.1) is 11.8 Å². The maximum atomic E-state index is 12.1. The van der Waals surface area contributed by atoms with Crippen LogP contribution in [0.3, 0.4) is 0 Å². The molecule has 1 aliphatic carbocycles. The van der Waals surface area contributed by atoms with Crippen molar-refractivity contribution in [3.8, 4) is 0 Å². The highest BCUT2D eigenvalue weighted by Crippen LogP contribution is 2.32. The quantitative estimate of drug-likeness (QED) is 0.852. The minimum Gasteiger partial charge on any atom is -0.396 e. The lowest BCUT2D eigenvalue weighted by atomic mass is 9.97. The maximum absolute atomic E-state index is 12.1. The molecule has 1 saturated carbocycles. The Morgan fingerprint density at radius 1 is 1.44 bits per heavy atom. The monoisotopic (exact) mass is 353 g/mol. The second-order valence-corrected chi connectivity index (χ2v) is 8.27. The highest BCUT2D eigenvalue weighted by molar-refractivity contribution is 9.10. The van der Waals surface area contributed by atoms with E-state index in [0.717, 1.165) is 19.3 Å². The first kappa shape index (κ1) is 14.5. The first-order valence-electron chi connectivity index (χ1n) is 5.88. The summed E-state index contributed by atoms with van der Waals surface area (Å²) in [6.07, 6.45) is 3.05. The van der Waals surface area contributed by atoms with Gasteiger partial charge in [0.05, 0.1) is 0 Å². The minimum atomic E-state index is -3.43. The second-order valence-electron chi connectivity index (χ2n) is 4.54. The summed E-state index contributed by atoms with van der Waals surface area (Å²) in [6.45, 7) is 0.562. The summed E-state index contributed by atoms with van der Waals surface area (Å²) >= 11 is 4.43. The van der Waals surface area contributed by atoms with Crippen LogP contribution in [0.4, 0.5) is 0 Å². The van der Waals surface area contributed by atoms with Gasteiger partial charge in [0, 0.05) is 17.6 Å². The van der Waals surface area contributed by atoms with E-state index in [2.05, 4.69) is 20.7 Å². The van der Waals surface area contributed by atoms with Crippen molar-refractivity contribution in [1.29, 1.82) is 0 Å². The zero-order valence-corrected chi connectivity index (χ0v) is 13.0. The van der Waals surface area contributed by atoms with Crippen LogP contribution in [0.15, 0.2) is 20.1 Å². The molecule has 1 aliphatic rings. The summed E-state index contributed by atoms with van der Waals surface area (Å²) in [5.41, 5.74) is 0. The molecule has 1 aromatic heterocycles. The van der Waals surface area contributed by atoms with Crippen LogP contribution in [0.2, 0.25) is 0 Å². The van der Waals surface area contributed by atoms with E-state index < -0.39 is 10.0 Å². The van der Waals surface area contributed by atoms with Crippen LogP contribution in [-0.2, 0) is 10.0 Å². The topological polar surface area (TPSA) is 66.4 Å². The zero-order valence-electron chi connectivity index (χ0n) is 9.80. The predicted octanol–water partition coefficient (Wildman–Crippen LogP) is 2.20. The number of thiophene rings is 1. The molecule has 1 aromatic rings. The fourth-order valence-corrected chi connectivity index (χ4v) is 5.85. The molecule has 2 N–H and O–H groups in total. The van der Waals surface area contributed by atoms with Gasteiger partial charge in [-0.3, -0.25) is 0 Å². The lowest BCUT2D eigenvalue weighted by Crippen LogP contribution is -2.31. The van der Waals surface area contributed by atoms with Gasteiger partial charge in [-0.05, 0) is 52.1 Å². The molecule has 0 bridgehead atoms. The van der Waals surface area contributed by atoms with Crippen LogP contribution < -0.4 is 4.72 Å². The van der Waals surface area contributed by atoms with Gasteiger partial charge in [0.1, 0.15) is 4.21 Å². The molecule has 18 heavy (non-hydrogen) atoms. The molecule has 7 heteroatoms. The van der Waals surface area contributed by atoms with Crippen molar-refractivity contribution in [1.82, 2.24) is 4.72 Å². The number of aliphatic hydroxyl groups is 1. The summed E-state index contributed by atoms with van der Waals surface area (Å²) in [5.74, 6) is 0.489. The molecule has 102 valence electrons. The number of halogens is 1. The molecule has 0 aromatic carbocycles. The second kappa shape index (κ2) is 6.00. The smallest absolute Gasteiger partial charge is 0.251 e. The highest BCUT2D eigenvalue weighted by Gasteiger charge is 2.28. The Kier molecular flexibility index (Phi) is 4.82. The fraction of sp³-hybridized carbons (Fsp3) is 0.636. The van der Waals surface area contributed by atoms with Gasteiger partial charge in [-0.2, -0.15) is 0 Å². The van der Waals surface area contributed by atoms with Crippen molar-refractivity contribution in [2.45, 2.75) is 23.5 Å². The van der Waals surface area contributed by atoms with Crippen LogP contribution >= 0.6 is 27.3 Å². The number of nitrogens with one attached hydrogen (secondary N) is 1. The summed E-state index contributed by atoms with van der Waals surface area (Å²) < 4.78 is 27.7. The van der Waals surface area contributed by atoms with E-state index in [1.165, 1.54) is 11.3 Å². The molecule has 0 radical (unpaired) electrons. The predicted molar refractivity (Wildman–Crippen MR) is 75.1 cm³/mol. The van der Waals surface area contributed by atoms with E-state index in [-0.39, 0.29) is 18.4 Å². The number of rotatable bonds is 5. The molecule has 0 saturated heterocycles. The summed E-state index contributed by atoms with van der Waals surface area (Å²) in [6, 6.07) is 1.73. The molecule has 0 aliphatic heterocycles. The normalized spacial score (nSPS) is 24.6. The lowest BCUT2D eigenvalue weighted by Gasteiger charge is -2.17. The molecule has 0 spiro atoms. The van der Waals surface area contributed by atoms with Crippen LogP contribution in [0.5, 0.6) is 0 Å². The van der Waals surface area contributed by atoms with E-state index >= 15 is 0 Å². The van der Waals surface area contributed by atoms with Gasteiger partial charge in [-0.25, -0.2) is 13.1 Å². The zero-order chi connectivity index (χ0) is 13.2. The molecular weight excluding hydrogens is 338 g/mol. The van der Waals surface area contributed by atoms with E-state index in [4.69, 9.17) is 0 Å². The van der Waals surface area contributed by atoms with Crippen molar-refractivity contribution in [2.75, 3.05) is 13.2 Å². The van der Waals surface area contributed by atoms with Crippen LogP contribution in [0.1, 0.15) is 19.3 Å². The number of hydrogen-bond acceptors (Lipinski definition) is 4. The average molecular weight is 354 g/mol. The molecule has 2 unspecified atom stereocenters. The Morgan fingerprint density at radius 3 is 2.78 bits per heavy atom. The molecular formula is C11H16BrNO3S2. The third kappa shape index (κ3) is 3.14. The maximum Gasteiger partial charge on any atom is 0.251 e. The molecule has 2 rings (SSSR count). The van der Waals surface area contributed by atoms with Gasteiger partial charge >= 0.3 is 0 Å². The standard InChI is InChI=1S/C11H16BrNO3S2/c12-10-4-5-17-11(10)18(15,16)13-6-8-2-1-3-9(8)7-14/h4-5,8-9,13-14H,1-3,6-7H2. The SMILES string of the molecule is O=S(=O)(NCC1CCCC1CO)c1sccc1Br. The van der Waals surface area contributed by atoms with Gasteiger partial charge in [0.15, 0.2) is 0 Å². The van der Waals surface area contributed by atoms with Gasteiger partial charge < -0.3 is 5.11 Å². The lowest BCUT2D eigenvalue weighted by molar-refractivity contribution is 0.195. The molecule has 2 atom stereocenters. The summed E-state index contributed by atoms with van der Waals surface area (Å²) in [5, 5.41) is 11.0. The third-order valence-electron chi connectivity index (χ3n) is 3.42. The van der Waals surface area contributed by atoms with Gasteiger partial charge in [0.25, 0.3) is 10.0 Å². The Hall–Kier alpha value is 0.0500. The first-order chi connectivity index (χ1) is 8.54. The summed E-state index contributed by atoms with van der Waals surface area (Å²) in [4.78, 5) is 0. The van der Waals surface area contributed by atoms with E-state index in [0.29, 0.717) is 15.2 Å². The number of sulfonamides is 1. The number of hydrogen-bond donors (Lipinski definition) is 2. The Balaban J connectivity index is 2.00. The average Bonchev–Trinajstić information content (AvgIpc) is 2.94. The molecule has 4 nitrogen and oxygen atoms in total. The van der Waals surface area contributed by atoms with Crippen molar-refractivity contribution < 1.29 is 13.5 Å². The van der Waals surface area contributed by atoms with Crippen molar-refractivity contribution in [3.63, 3.8) is 0 Å². The van der Waals surface area contributed by atoms with Gasteiger partial charge in [-0.1, -0.05) is 6.42 Å². The Labute approximate surface area is 120 Å². The minimum absolute atomic E-state index is 0.148. The van der Waals surface area contributed by atoms with Crippen molar-refractivity contribution >= 4 is 37.3 Å². The summed E-state index contributed by atoms with van der Waals surface area (Å²) in [7, 11) is -3.43. The van der Waals surface area contributed by atoms with E-state index in [1.54, 1.807) is 11.4 Å².